The van der Waals surface area contributed by atoms with Crippen LogP contribution in [0, 0.1) is 0 Å². The number of hydrogen-bond donors (Lipinski definition) is 2. The van der Waals surface area contributed by atoms with E-state index >= 15 is 0 Å². The van der Waals surface area contributed by atoms with Gasteiger partial charge in [-0.15, -0.1) is 0 Å². The third-order valence-electron chi connectivity index (χ3n) is 4.44. The zero-order valence-electron chi connectivity index (χ0n) is 14.0. The highest BCUT2D eigenvalue weighted by atomic mass is 32.1. The monoisotopic (exact) mass is 370 g/mol. The standard InChI is InChI=1S/C18H18N4O3S/c19-16(23)13-4-1-6-22-15(18(24)20-9-12-3-2-7-25-12)14(21-17(13)22)11-5-8-26-10-11/h1,4-6,8,10,12H,2-3,7,9H2,(H2,19,23)(H,20,24)/t12-/m0/s1. The third-order valence-corrected chi connectivity index (χ3v) is 5.12. The summed E-state index contributed by atoms with van der Waals surface area (Å²) in [5, 5.41) is 6.77. The highest BCUT2D eigenvalue weighted by molar-refractivity contribution is 7.08. The number of nitrogens with two attached hydrogens (primary N) is 1. The molecular formula is C18H18N4O3S. The van der Waals surface area contributed by atoms with E-state index in [1.165, 1.54) is 11.3 Å². The van der Waals surface area contributed by atoms with Gasteiger partial charge in [0.05, 0.1) is 11.7 Å². The van der Waals surface area contributed by atoms with Gasteiger partial charge in [-0.1, -0.05) is 0 Å². The van der Waals surface area contributed by atoms with Crippen LogP contribution < -0.4 is 11.1 Å². The number of nitrogens with one attached hydrogen (secondary N) is 1. The second kappa shape index (κ2) is 6.89. The molecule has 0 unspecified atom stereocenters. The van der Waals surface area contributed by atoms with Crippen molar-refractivity contribution in [3.63, 3.8) is 0 Å². The Hall–Kier alpha value is -2.71. The largest absolute Gasteiger partial charge is 0.376 e. The molecule has 2 amide bonds. The van der Waals surface area contributed by atoms with Crippen LogP contribution in [-0.4, -0.2) is 40.5 Å². The second-order valence-corrected chi connectivity index (χ2v) is 6.93. The summed E-state index contributed by atoms with van der Waals surface area (Å²) >= 11 is 1.52. The lowest BCUT2D eigenvalue weighted by Gasteiger charge is -2.11. The smallest absolute Gasteiger partial charge is 0.270 e. The van der Waals surface area contributed by atoms with Crippen molar-refractivity contribution in [2.45, 2.75) is 18.9 Å². The maximum atomic E-state index is 12.9. The first-order valence-electron chi connectivity index (χ1n) is 8.38. The van der Waals surface area contributed by atoms with Gasteiger partial charge in [0.1, 0.15) is 11.4 Å². The molecule has 26 heavy (non-hydrogen) atoms. The number of carbonyl (C=O) groups is 2. The van der Waals surface area contributed by atoms with Gasteiger partial charge in [0.25, 0.3) is 11.8 Å². The summed E-state index contributed by atoms with van der Waals surface area (Å²) in [6, 6.07) is 5.19. The van der Waals surface area contributed by atoms with Gasteiger partial charge in [-0.3, -0.25) is 14.0 Å². The number of primary amides is 1. The lowest BCUT2D eigenvalue weighted by Crippen LogP contribution is -2.32. The molecule has 1 atom stereocenters. The zero-order valence-corrected chi connectivity index (χ0v) is 14.8. The van der Waals surface area contributed by atoms with E-state index < -0.39 is 5.91 Å². The van der Waals surface area contributed by atoms with Gasteiger partial charge in [0, 0.05) is 30.3 Å². The van der Waals surface area contributed by atoms with Gasteiger partial charge >= 0.3 is 0 Å². The SMILES string of the molecule is NC(=O)c1cccn2c(C(=O)NC[C@@H]3CCCO3)c(-c3ccsc3)nc12. The Labute approximate surface area is 153 Å². The Morgan fingerprint density at radius 3 is 3.00 bits per heavy atom. The highest BCUT2D eigenvalue weighted by Gasteiger charge is 2.24. The maximum Gasteiger partial charge on any atom is 0.270 e. The lowest BCUT2D eigenvalue weighted by molar-refractivity contribution is 0.0853. The quantitative estimate of drug-likeness (QED) is 0.718. The fraction of sp³-hybridized carbons (Fsp3) is 0.278. The number of pyridine rings is 1. The Morgan fingerprint density at radius 2 is 2.31 bits per heavy atom. The summed E-state index contributed by atoms with van der Waals surface area (Å²) in [7, 11) is 0. The van der Waals surface area contributed by atoms with Gasteiger partial charge < -0.3 is 15.8 Å². The van der Waals surface area contributed by atoms with Crippen LogP contribution in [0.4, 0.5) is 0 Å². The Bertz CT molecular complexity index is 958. The van der Waals surface area contributed by atoms with Gasteiger partial charge in [-0.25, -0.2) is 4.98 Å². The lowest BCUT2D eigenvalue weighted by atomic mass is 10.2. The number of hydrogen-bond acceptors (Lipinski definition) is 5. The minimum atomic E-state index is -0.580. The summed E-state index contributed by atoms with van der Waals surface area (Å²) < 4.78 is 7.19. The first-order chi connectivity index (χ1) is 12.6. The molecule has 0 bridgehead atoms. The molecule has 0 spiro atoms. The van der Waals surface area contributed by atoms with Crippen molar-refractivity contribution in [3.05, 3.63) is 46.4 Å². The van der Waals surface area contributed by atoms with Crippen LogP contribution in [0.1, 0.15) is 33.7 Å². The first-order valence-corrected chi connectivity index (χ1v) is 9.32. The van der Waals surface area contributed by atoms with Crippen molar-refractivity contribution >= 4 is 28.8 Å². The molecule has 134 valence electrons. The Morgan fingerprint density at radius 1 is 1.42 bits per heavy atom. The number of fused-ring (bicyclic) bond motifs is 1. The molecule has 0 aliphatic carbocycles. The zero-order chi connectivity index (χ0) is 18.1. The van der Waals surface area contributed by atoms with Crippen molar-refractivity contribution in [1.29, 1.82) is 0 Å². The third kappa shape index (κ3) is 2.97. The predicted octanol–water partition coefficient (Wildman–Crippen LogP) is 2.07. The summed E-state index contributed by atoms with van der Waals surface area (Å²) in [5.41, 5.74) is 7.88. The maximum absolute atomic E-state index is 12.9. The summed E-state index contributed by atoms with van der Waals surface area (Å²) in [5.74, 6) is -0.834. The number of nitrogens with zero attached hydrogens (tertiary/aromatic N) is 2. The number of rotatable bonds is 5. The van der Waals surface area contributed by atoms with E-state index in [4.69, 9.17) is 10.5 Å². The van der Waals surface area contributed by atoms with E-state index in [9.17, 15) is 9.59 Å². The van der Waals surface area contributed by atoms with Crippen molar-refractivity contribution in [3.8, 4) is 11.3 Å². The molecule has 4 heterocycles. The Balaban J connectivity index is 1.78. The van der Waals surface area contributed by atoms with Crippen LogP contribution in [0.25, 0.3) is 16.9 Å². The topological polar surface area (TPSA) is 98.7 Å². The molecule has 0 aromatic carbocycles. The average Bonchev–Trinajstić information content (AvgIpc) is 3.38. The molecule has 0 saturated carbocycles. The van der Waals surface area contributed by atoms with Crippen molar-refractivity contribution in [2.24, 2.45) is 5.73 Å². The molecule has 1 fully saturated rings. The number of carbonyl (C=O) groups excluding carboxylic acids is 2. The molecule has 8 heteroatoms. The van der Waals surface area contributed by atoms with Gasteiger partial charge in [0.15, 0.2) is 5.65 Å². The van der Waals surface area contributed by atoms with E-state index in [-0.39, 0.29) is 17.6 Å². The van der Waals surface area contributed by atoms with E-state index in [1.54, 1.807) is 22.7 Å². The summed E-state index contributed by atoms with van der Waals surface area (Å²) in [6.45, 7) is 1.18. The number of imidazole rings is 1. The highest BCUT2D eigenvalue weighted by Crippen LogP contribution is 2.27. The van der Waals surface area contributed by atoms with E-state index in [0.29, 0.717) is 23.6 Å². The van der Waals surface area contributed by atoms with Gasteiger partial charge in [-0.05, 0) is 36.4 Å². The van der Waals surface area contributed by atoms with Crippen LogP contribution in [0.2, 0.25) is 0 Å². The summed E-state index contributed by atoms with van der Waals surface area (Å²) in [6.07, 6.45) is 3.71. The minimum Gasteiger partial charge on any atom is -0.376 e. The van der Waals surface area contributed by atoms with Crippen molar-refractivity contribution < 1.29 is 14.3 Å². The van der Waals surface area contributed by atoms with E-state index in [2.05, 4.69) is 10.3 Å². The normalized spacial score (nSPS) is 16.8. The van der Waals surface area contributed by atoms with Gasteiger partial charge in [0.2, 0.25) is 0 Å². The molecule has 3 N–H and O–H groups in total. The predicted molar refractivity (Wildman–Crippen MR) is 98.3 cm³/mol. The molecule has 7 nitrogen and oxygen atoms in total. The number of thiophene rings is 1. The Kier molecular flexibility index (Phi) is 4.44. The van der Waals surface area contributed by atoms with Crippen LogP contribution in [0.3, 0.4) is 0 Å². The second-order valence-electron chi connectivity index (χ2n) is 6.15. The van der Waals surface area contributed by atoms with Crippen LogP contribution in [0.5, 0.6) is 0 Å². The van der Waals surface area contributed by atoms with Crippen LogP contribution in [0.15, 0.2) is 35.2 Å². The number of aromatic nitrogens is 2. The molecule has 3 aromatic heterocycles. The molecular weight excluding hydrogens is 352 g/mol. The van der Waals surface area contributed by atoms with E-state index in [1.807, 2.05) is 16.8 Å². The number of amides is 2. The van der Waals surface area contributed by atoms with Crippen molar-refractivity contribution in [2.75, 3.05) is 13.2 Å². The van der Waals surface area contributed by atoms with Gasteiger partial charge in [-0.2, -0.15) is 11.3 Å². The van der Waals surface area contributed by atoms with Crippen molar-refractivity contribution in [1.82, 2.24) is 14.7 Å². The minimum absolute atomic E-state index is 0.0453. The molecule has 1 saturated heterocycles. The molecule has 3 aromatic rings. The molecule has 4 rings (SSSR count). The molecule has 1 aliphatic heterocycles. The van der Waals surface area contributed by atoms with Crippen LogP contribution >= 0.6 is 11.3 Å². The average molecular weight is 370 g/mol. The summed E-state index contributed by atoms with van der Waals surface area (Å²) in [4.78, 5) is 29.2. The van der Waals surface area contributed by atoms with Crippen LogP contribution in [-0.2, 0) is 4.74 Å². The first kappa shape index (κ1) is 16.7. The fourth-order valence-electron chi connectivity index (χ4n) is 3.17. The fourth-order valence-corrected chi connectivity index (χ4v) is 3.81. The molecule has 1 aliphatic rings. The van der Waals surface area contributed by atoms with E-state index in [0.717, 1.165) is 25.0 Å². The number of ether oxygens (including phenoxy) is 1. The molecule has 0 radical (unpaired) electrons.